The molecule has 0 heterocycles. The molecule has 3 aromatic rings. The van der Waals surface area contributed by atoms with Crippen LogP contribution in [-0.2, 0) is 57.0 Å². The summed E-state index contributed by atoms with van der Waals surface area (Å²) in [6.45, 7) is 8.33. The first-order valence-electron chi connectivity index (χ1n) is 16.1. The topological polar surface area (TPSA) is 204 Å². The van der Waals surface area contributed by atoms with Crippen LogP contribution < -0.4 is 15.9 Å². The lowest BCUT2D eigenvalue weighted by molar-refractivity contribution is -0.145. The molecule has 15 heteroatoms. The van der Waals surface area contributed by atoms with Gasteiger partial charge < -0.3 is 29.7 Å². The fourth-order valence-corrected chi connectivity index (χ4v) is 6.04. The molecule has 0 fully saturated rings. The SMILES string of the molecule is CCOC(=O)C(Cc1ccccc1)NP(C)(=O)NC(Cc1ccccc1)C(=O)OCC.CCOC(=O)C(N)Cc1ccccc1.CP(=O)(O)O. The number of hydrogen-bond donors (Lipinski definition) is 5. The van der Waals surface area contributed by atoms with Gasteiger partial charge >= 0.3 is 25.5 Å². The van der Waals surface area contributed by atoms with Gasteiger partial charge in [0.15, 0.2) is 0 Å². The van der Waals surface area contributed by atoms with Gasteiger partial charge in [-0.3, -0.25) is 23.5 Å². The van der Waals surface area contributed by atoms with Crippen molar-refractivity contribution < 1.29 is 47.5 Å². The standard InChI is InChI=1S/C23H31N2O5P.C11H15NO2.CH5O3P/c1-4-29-22(26)20(16-18-12-8-6-9-13-18)24-31(3,28)25-21(23(27)30-5-2)17-19-14-10-7-11-15-19;1-2-14-11(13)10(12)8-9-6-4-3-5-7-9;1-5(2,3)4/h6-15,20-21H,4-5,16-17H2,1-3H3,(H2,24,25,28);3-7,10H,2,8,12H2,1H3;1H3,(H2,2,3,4). The van der Waals surface area contributed by atoms with Gasteiger partial charge in [-0.15, -0.1) is 0 Å². The highest BCUT2D eigenvalue weighted by Gasteiger charge is 2.32. The summed E-state index contributed by atoms with van der Waals surface area (Å²) in [7, 11) is -6.97. The van der Waals surface area contributed by atoms with Crippen LogP contribution in [0.1, 0.15) is 37.5 Å². The second-order valence-electron chi connectivity index (χ2n) is 11.1. The Morgan fingerprint density at radius 2 is 0.880 bits per heavy atom. The van der Waals surface area contributed by atoms with Crippen molar-refractivity contribution in [2.75, 3.05) is 33.2 Å². The summed E-state index contributed by atoms with van der Waals surface area (Å²) in [5.74, 6) is -1.33. The van der Waals surface area contributed by atoms with Crippen molar-refractivity contribution in [1.82, 2.24) is 10.2 Å². The molecule has 3 unspecified atom stereocenters. The number of carbonyl (C=O) groups excluding carboxylic acids is 3. The number of carbonyl (C=O) groups is 3. The summed E-state index contributed by atoms with van der Waals surface area (Å²) in [6.07, 6.45) is 1.14. The molecule has 3 aromatic carbocycles. The molecule has 3 atom stereocenters. The van der Waals surface area contributed by atoms with E-state index in [1.165, 1.54) is 6.66 Å². The highest BCUT2D eigenvalue weighted by Crippen LogP contribution is 2.33. The number of nitrogens with one attached hydrogen (secondary N) is 2. The average Bonchev–Trinajstić information content (AvgIpc) is 3.05. The first-order valence-corrected chi connectivity index (χ1v) is 20.3. The number of esters is 3. The van der Waals surface area contributed by atoms with E-state index in [1.807, 2.05) is 91.0 Å². The van der Waals surface area contributed by atoms with Crippen LogP contribution in [-0.4, -0.2) is 79.0 Å². The zero-order chi connectivity index (χ0) is 37.6. The number of benzene rings is 3. The van der Waals surface area contributed by atoms with E-state index in [4.69, 9.17) is 29.7 Å². The fourth-order valence-electron chi connectivity index (χ4n) is 4.38. The molecule has 0 aliphatic rings. The summed E-state index contributed by atoms with van der Waals surface area (Å²) in [5.41, 5.74) is 8.51. The monoisotopic (exact) mass is 735 g/mol. The molecule has 0 aromatic heterocycles. The normalized spacial score (nSPS) is 13.8. The molecule has 0 bridgehead atoms. The minimum absolute atomic E-state index is 0.215. The Balaban J connectivity index is 0.000000540. The molecular weight excluding hydrogens is 684 g/mol. The summed E-state index contributed by atoms with van der Waals surface area (Å²) >= 11 is 0. The first kappa shape index (κ1) is 44.4. The molecule has 6 N–H and O–H groups in total. The third kappa shape index (κ3) is 20.8. The van der Waals surface area contributed by atoms with Gasteiger partial charge in [-0.05, 0) is 56.7 Å². The second-order valence-corrected chi connectivity index (χ2v) is 15.1. The number of rotatable bonds is 16. The van der Waals surface area contributed by atoms with E-state index in [1.54, 1.807) is 20.8 Å². The van der Waals surface area contributed by atoms with Crippen LogP contribution in [0.4, 0.5) is 0 Å². The van der Waals surface area contributed by atoms with E-state index in [0.717, 1.165) is 23.4 Å². The zero-order valence-electron chi connectivity index (χ0n) is 29.3. The quantitative estimate of drug-likeness (QED) is 0.0794. The summed E-state index contributed by atoms with van der Waals surface area (Å²) in [5, 5.41) is 5.80. The molecule has 0 aliphatic heterocycles. The Morgan fingerprint density at radius 1 is 0.600 bits per heavy atom. The number of nitrogens with two attached hydrogens (primary N) is 1. The molecule has 0 radical (unpaired) electrons. The maximum atomic E-state index is 13.4. The molecule has 50 heavy (non-hydrogen) atoms. The van der Waals surface area contributed by atoms with Gasteiger partial charge in [0.25, 0.3) is 0 Å². The molecular formula is C35H51N3O10P2. The third-order valence-electron chi connectivity index (χ3n) is 6.40. The van der Waals surface area contributed by atoms with Crippen molar-refractivity contribution in [3.05, 3.63) is 108 Å². The third-order valence-corrected chi connectivity index (χ3v) is 8.01. The Bertz CT molecular complexity index is 1430. The van der Waals surface area contributed by atoms with Gasteiger partial charge in [-0.25, -0.2) is 10.2 Å². The van der Waals surface area contributed by atoms with Gasteiger partial charge in [-0.2, -0.15) is 0 Å². The summed E-state index contributed by atoms with van der Waals surface area (Å²) in [4.78, 5) is 51.5. The van der Waals surface area contributed by atoms with E-state index < -0.39 is 45.1 Å². The van der Waals surface area contributed by atoms with Crippen LogP contribution in [0, 0.1) is 0 Å². The minimum atomic E-state index is -3.64. The van der Waals surface area contributed by atoms with Crippen LogP contribution in [0.3, 0.4) is 0 Å². The predicted octanol–water partition coefficient (Wildman–Crippen LogP) is 4.25. The van der Waals surface area contributed by atoms with Crippen molar-refractivity contribution in [3.8, 4) is 0 Å². The van der Waals surface area contributed by atoms with Crippen LogP contribution in [0.25, 0.3) is 0 Å². The van der Waals surface area contributed by atoms with E-state index in [2.05, 4.69) is 10.2 Å². The predicted molar refractivity (Wildman–Crippen MR) is 194 cm³/mol. The molecule has 13 nitrogen and oxygen atoms in total. The van der Waals surface area contributed by atoms with Crippen molar-refractivity contribution in [2.24, 2.45) is 5.73 Å². The van der Waals surface area contributed by atoms with Crippen LogP contribution in [0.5, 0.6) is 0 Å². The Morgan fingerprint density at radius 3 is 1.18 bits per heavy atom. The summed E-state index contributed by atoms with van der Waals surface area (Å²) in [6, 6.07) is 26.3. The van der Waals surface area contributed by atoms with Gasteiger partial charge in [0.2, 0.25) is 7.44 Å². The molecule has 0 spiro atoms. The van der Waals surface area contributed by atoms with Crippen LogP contribution in [0.15, 0.2) is 91.0 Å². The first-order chi connectivity index (χ1) is 23.6. The number of hydrogen-bond acceptors (Lipinski definition) is 9. The maximum absolute atomic E-state index is 13.4. The minimum Gasteiger partial charge on any atom is -0.465 e. The Hall–Kier alpha value is -3.67. The fraction of sp³-hybridized carbons (Fsp3) is 0.400. The maximum Gasteiger partial charge on any atom is 0.323 e. The summed E-state index contributed by atoms with van der Waals surface area (Å²) < 4.78 is 37.9. The largest absolute Gasteiger partial charge is 0.465 e. The molecule has 276 valence electrons. The second kappa shape index (κ2) is 23.7. The van der Waals surface area contributed by atoms with E-state index in [0.29, 0.717) is 25.9 Å². The molecule has 3 rings (SSSR count). The van der Waals surface area contributed by atoms with Crippen LogP contribution in [0.2, 0.25) is 0 Å². The Kier molecular flexibility index (Phi) is 21.0. The van der Waals surface area contributed by atoms with Gasteiger partial charge in [0, 0.05) is 13.3 Å². The van der Waals surface area contributed by atoms with Crippen molar-refractivity contribution in [3.63, 3.8) is 0 Å². The zero-order valence-corrected chi connectivity index (χ0v) is 31.1. The van der Waals surface area contributed by atoms with Gasteiger partial charge in [0.1, 0.15) is 18.1 Å². The lowest BCUT2D eigenvalue weighted by atomic mass is 10.1. The van der Waals surface area contributed by atoms with Gasteiger partial charge in [-0.1, -0.05) is 91.0 Å². The molecule has 0 amide bonds. The van der Waals surface area contributed by atoms with Crippen molar-refractivity contribution in [1.29, 1.82) is 0 Å². The highest BCUT2D eigenvalue weighted by atomic mass is 31.2. The molecule has 0 saturated heterocycles. The molecule has 0 aliphatic carbocycles. The van der Waals surface area contributed by atoms with Crippen LogP contribution >= 0.6 is 15.0 Å². The van der Waals surface area contributed by atoms with Crippen molar-refractivity contribution in [2.45, 2.75) is 58.2 Å². The Labute approximate surface area is 294 Å². The highest BCUT2D eigenvalue weighted by molar-refractivity contribution is 7.59. The lowest BCUT2D eigenvalue weighted by Crippen LogP contribution is -2.45. The van der Waals surface area contributed by atoms with Crippen molar-refractivity contribution >= 4 is 32.9 Å². The molecule has 0 saturated carbocycles. The average molecular weight is 736 g/mol. The lowest BCUT2D eigenvalue weighted by Gasteiger charge is -2.26. The van der Waals surface area contributed by atoms with Gasteiger partial charge in [0.05, 0.1) is 19.8 Å². The van der Waals surface area contributed by atoms with E-state index in [9.17, 15) is 23.5 Å². The van der Waals surface area contributed by atoms with E-state index in [-0.39, 0.29) is 19.2 Å². The number of ether oxygens (including phenoxy) is 3. The smallest absolute Gasteiger partial charge is 0.323 e. The van der Waals surface area contributed by atoms with E-state index >= 15 is 0 Å².